The lowest BCUT2D eigenvalue weighted by Crippen LogP contribution is -1.96. The lowest BCUT2D eigenvalue weighted by Gasteiger charge is -2.14. The molecule has 1 aliphatic rings. The van der Waals surface area contributed by atoms with Crippen molar-refractivity contribution in [1.82, 2.24) is 0 Å². The number of ether oxygens (including phenoxy) is 1. The number of aryl methyl sites for hydroxylation is 2. The van der Waals surface area contributed by atoms with E-state index in [9.17, 15) is 4.57 Å². The van der Waals surface area contributed by atoms with Gasteiger partial charge in [0, 0.05) is 16.3 Å². The van der Waals surface area contributed by atoms with Crippen LogP contribution in [0.25, 0.3) is 0 Å². The van der Waals surface area contributed by atoms with Crippen LogP contribution >= 0.6 is 18.1 Å². The number of benzene rings is 2. The Bertz CT molecular complexity index is 727. The molecule has 1 unspecified atom stereocenters. The lowest BCUT2D eigenvalue weighted by molar-refractivity contribution is 0.414. The van der Waals surface area contributed by atoms with E-state index in [1.54, 1.807) is 7.11 Å². The number of rotatable bonds is 3. The fourth-order valence-corrected chi connectivity index (χ4v) is 6.02. The van der Waals surface area contributed by atoms with E-state index < -0.39 is 6.72 Å². The normalized spacial score (nSPS) is 19.8. The number of anilines is 1. The Hall–Kier alpha value is -1.58. The Morgan fingerprint density at radius 3 is 2.43 bits per heavy atom. The predicted octanol–water partition coefficient (Wildman–Crippen LogP) is 5.02. The monoisotopic (exact) mass is 321 g/mol. The van der Waals surface area contributed by atoms with Crippen LogP contribution in [0.5, 0.6) is 11.5 Å². The predicted molar refractivity (Wildman–Crippen MR) is 86.6 cm³/mol. The lowest BCUT2D eigenvalue weighted by atomic mass is 10.1. The summed E-state index contributed by atoms with van der Waals surface area (Å²) in [6.45, 7) is 0.949. The van der Waals surface area contributed by atoms with Crippen LogP contribution in [0.15, 0.2) is 41.3 Å². The summed E-state index contributed by atoms with van der Waals surface area (Å²) < 4.78 is 23.8. The molecule has 1 N–H and O–H groups in total. The molecule has 21 heavy (non-hydrogen) atoms. The van der Waals surface area contributed by atoms with Crippen molar-refractivity contribution in [2.24, 2.45) is 0 Å². The summed E-state index contributed by atoms with van der Waals surface area (Å²) in [6.07, 6.45) is 0. The highest BCUT2D eigenvalue weighted by Crippen LogP contribution is 2.68. The van der Waals surface area contributed by atoms with Crippen LogP contribution in [-0.2, 0) is 4.57 Å². The van der Waals surface area contributed by atoms with Gasteiger partial charge in [-0.1, -0.05) is 6.07 Å². The maximum atomic E-state index is 12.9. The Kier molecular flexibility index (Phi) is 3.64. The SMILES string of the molecule is COc1ccc2c(c1)SP(=O)(Oc1cc(C)cc(C)c1)N2. The molecule has 2 aromatic carbocycles. The Labute approximate surface area is 128 Å². The van der Waals surface area contributed by atoms with Gasteiger partial charge in [-0.15, -0.1) is 0 Å². The van der Waals surface area contributed by atoms with Crippen LogP contribution < -0.4 is 14.3 Å². The smallest absolute Gasteiger partial charge is 0.404 e. The van der Waals surface area contributed by atoms with Crippen molar-refractivity contribution in [3.63, 3.8) is 0 Å². The molecule has 0 saturated heterocycles. The topological polar surface area (TPSA) is 47.6 Å². The van der Waals surface area contributed by atoms with Gasteiger partial charge in [0.1, 0.15) is 11.5 Å². The minimum atomic E-state index is -3.03. The van der Waals surface area contributed by atoms with Gasteiger partial charge >= 0.3 is 6.72 Å². The van der Waals surface area contributed by atoms with E-state index in [0.717, 1.165) is 27.5 Å². The maximum absolute atomic E-state index is 12.9. The molecule has 0 bridgehead atoms. The van der Waals surface area contributed by atoms with E-state index in [1.165, 1.54) is 11.4 Å². The Morgan fingerprint density at radius 2 is 1.76 bits per heavy atom. The van der Waals surface area contributed by atoms with Crippen molar-refractivity contribution in [2.75, 3.05) is 12.2 Å². The first-order chi connectivity index (χ1) is 9.97. The van der Waals surface area contributed by atoms with Gasteiger partial charge in [-0.05, 0) is 55.3 Å². The molecule has 110 valence electrons. The molecule has 0 fully saturated rings. The van der Waals surface area contributed by atoms with Crippen molar-refractivity contribution in [3.05, 3.63) is 47.5 Å². The third-order valence-corrected chi connectivity index (χ3v) is 6.63. The second-order valence-corrected chi connectivity index (χ2v) is 8.99. The fraction of sp³-hybridized carbons (Fsp3) is 0.200. The number of methoxy groups -OCH3 is 1. The molecular formula is C15H16NO3PS. The largest absolute Gasteiger partial charge is 0.497 e. The van der Waals surface area contributed by atoms with Crippen LogP contribution in [0.3, 0.4) is 0 Å². The molecule has 1 atom stereocenters. The van der Waals surface area contributed by atoms with E-state index in [0.29, 0.717) is 5.75 Å². The second-order valence-electron chi connectivity index (χ2n) is 4.98. The van der Waals surface area contributed by atoms with E-state index in [-0.39, 0.29) is 0 Å². The summed E-state index contributed by atoms with van der Waals surface area (Å²) in [4.78, 5) is 0.877. The molecule has 0 amide bonds. The minimum Gasteiger partial charge on any atom is -0.497 e. The summed E-state index contributed by atoms with van der Waals surface area (Å²) in [5, 5.41) is 2.99. The van der Waals surface area contributed by atoms with E-state index >= 15 is 0 Å². The van der Waals surface area contributed by atoms with Crippen LogP contribution in [0.1, 0.15) is 11.1 Å². The van der Waals surface area contributed by atoms with Gasteiger partial charge in [-0.3, -0.25) is 5.09 Å². The molecular weight excluding hydrogens is 305 g/mol. The molecule has 4 nitrogen and oxygen atoms in total. The fourth-order valence-electron chi connectivity index (χ4n) is 2.26. The van der Waals surface area contributed by atoms with Crippen LogP contribution in [-0.4, -0.2) is 7.11 Å². The van der Waals surface area contributed by atoms with Gasteiger partial charge in [-0.2, -0.15) is 0 Å². The minimum absolute atomic E-state index is 0.621. The third kappa shape index (κ3) is 3.04. The van der Waals surface area contributed by atoms with Crippen LogP contribution in [0.2, 0.25) is 0 Å². The van der Waals surface area contributed by atoms with E-state index in [1.807, 2.05) is 44.2 Å². The van der Waals surface area contributed by atoms with Crippen LogP contribution in [0.4, 0.5) is 5.69 Å². The van der Waals surface area contributed by atoms with Gasteiger partial charge in [0.15, 0.2) is 0 Å². The highest BCUT2D eigenvalue weighted by molar-refractivity contribution is 8.57. The van der Waals surface area contributed by atoms with Crippen molar-refractivity contribution in [1.29, 1.82) is 0 Å². The maximum Gasteiger partial charge on any atom is 0.404 e. The molecule has 0 saturated carbocycles. The molecule has 6 heteroatoms. The molecule has 2 aromatic rings. The average Bonchev–Trinajstić information content (AvgIpc) is 2.71. The van der Waals surface area contributed by atoms with E-state index in [4.69, 9.17) is 9.26 Å². The first-order valence-electron chi connectivity index (χ1n) is 6.51. The average molecular weight is 321 g/mol. The Morgan fingerprint density at radius 1 is 1.05 bits per heavy atom. The molecule has 1 aliphatic heterocycles. The zero-order chi connectivity index (χ0) is 15.0. The van der Waals surface area contributed by atoms with Gasteiger partial charge in [0.2, 0.25) is 0 Å². The first kappa shape index (κ1) is 14.4. The highest BCUT2D eigenvalue weighted by Gasteiger charge is 2.35. The van der Waals surface area contributed by atoms with E-state index in [2.05, 4.69) is 11.2 Å². The zero-order valence-corrected chi connectivity index (χ0v) is 13.8. The van der Waals surface area contributed by atoms with Crippen molar-refractivity contribution >= 4 is 23.8 Å². The molecule has 0 aliphatic carbocycles. The third-order valence-electron chi connectivity index (χ3n) is 3.09. The summed E-state index contributed by atoms with van der Waals surface area (Å²) >= 11 is 1.22. The summed E-state index contributed by atoms with van der Waals surface area (Å²) in [7, 11) is 1.61. The number of nitrogens with one attached hydrogen (secondary N) is 1. The van der Waals surface area contributed by atoms with Gasteiger partial charge < -0.3 is 9.26 Å². The van der Waals surface area contributed by atoms with Crippen molar-refractivity contribution in [3.8, 4) is 11.5 Å². The quantitative estimate of drug-likeness (QED) is 0.805. The first-order valence-corrected chi connectivity index (χ1v) is 9.56. The Balaban J connectivity index is 1.85. The van der Waals surface area contributed by atoms with Gasteiger partial charge in [0.25, 0.3) is 0 Å². The van der Waals surface area contributed by atoms with Crippen LogP contribution in [0, 0.1) is 13.8 Å². The zero-order valence-electron chi connectivity index (χ0n) is 12.0. The molecule has 0 radical (unpaired) electrons. The summed E-state index contributed by atoms with van der Waals surface area (Å²) in [5.74, 6) is 1.36. The van der Waals surface area contributed by atoms with Gasteiger partial charge in [0.05, 0.1) is 12.8 Å². The number of hydrogen-bond acceptors (Lipinski definition) is 4. The van der Waals surface area contributed by atoms with Crippen molar-refractivity contribution < 1.29 is 13.8 Å². The molecule has 0 aromatic heterocycles. The number of fused-ring (bicyclic) bond motifs is 1. The molecule has 0 spiro atoms. The number of hydrogen-bond donors (Lipinski definition) is 1. The summed E-state index contributed by atoms with van der Waals surface area (Å²) in [5.41, 5.74) is 2.98. The van der Waals surface area contributed by atoms with Crippen molar-refractivity contribution in [2.45, 2.75) is 18.7 Å². The highest BCUT2D eigenvalue weighted by atomic mass is 32.7. The molecule has 3 rings (SSSR count). The standard InChI is InChI=1S/C15H16NO3PS/c1-10-6-11(2)8-13(7-10)19-20(17)16-14-5-4-12(18-3)9-15(14)21-20/h4-9H,1-3H3,(H,16,17). The molecule has 1 heterocycles. The van der Waals surface area contributed by atoms with Gasteiger partial charge in [-0.25, -0.2) is 4.57 Å². The second kappa shape index (κ2) is 5.32. The summed E-state index contributed by atoms with van der Waals surface area (Å²) in [6, 6.07) is 11.4.